The summed E-state index contributed by atoms with van der Waals surface area (Å²) in [7, 11) is 4.28. The van der Waals surface area contributed by atoms with Crippen LogP contribution in [-0.4, -0.2) is 67.6 Å². The van der Waals surface area contributed by atoms with E-state index in [0.29, 0.717) is 12.5 Å². The van der Waals surface area contributed by atoms with Gasteiger partial charge in [-0.15, -0.1) is 0 Å². The molecule has 2 aromatic heterocycles. The molecule has 9 nitrogen and oxygen atoms in total. The number of aromatic nitrogens is 5. The second-order valence-electron chi connectivity index (χ2n) is 10.6. The SMILES string of the molecule is Cc1nc(C2=CN3CCOc4cc(-c5cnn(C)c5C5CCN(C)CC5)ccc4C3N2)n(C(C)C)n1. The van der Waals surface area contributed by atoms with Gasteiger partial charge in [-0.1, -0.05) is 12.1 Å². The maximum atomic E-state index is 6.28. The number of hydrogen-bond donors (Lipinski definition) is 1. The van der Waals surface area contributed by atoms with Gasteiger partial charge >= 0.3 is 0 Å². The first kappa shape index (κ1) is 23.1. The molecule has 3 aromatic rings. The lowest BCUT2D eigenvalue weighted by atomic mass is 9.89. The highest BCUT2D eigenvalue weighted by Crippen LogP contribution is 2.41. The molecule has 0 spiro atoms. The number of likely N-dealkylation sites (tertiary alicyclic amines) is 1. The van der Waals surface area contributed by atoms with Gasteiger partial charge in [0.05, 0.1) is 18.4 Å². The molecule has 190 valence electrons. The first-order chi connectivity index (χ1) is 17.4. The highest BCUT2D eigenvalue weighted by molar-refractivity contribution is 5.70. The molecule has 1 fully saturated rings. The highest BCUT2D eigenvalue weighted by Gasteiger charge is 2.33. The van der Waals surface area contributed by atoms with Gasteiger partial charge in [-0.05, 0) is 65.4 Å². The lowest BCUT2D eigenvalue weighted by Gasteiger charge is -2.29. The largest absolute Gasteiger partial charge is 0.491 e. The van der Waals surface area contributed by atoms with Gasteiger partial charge in [0.15, 0.2) is 5.82 Å². The highest BCUT2D eigenvalue weighted by atomic mass is 16.5. The number of ether oxygens (including phenoxy) is 1. The van der Waals surface area contributed by atoms with Gasteiger partial charge < -0.3 is 19.9 Å². The van der Waals surface area contributed by atoms with E-state index >= 15 is 0 Å². The van der Waals surface area contributed by atoms with Crippen LogP contribution in [0.4, 0.5) is 0 Å². The van der Waals surface area contributed by atoms with Crippen LogP contribution in [-0.2, 0) is 7.05 Å². The van der Waals surface area contributed by atoms with Crippen molar-refractivity contribution >= 4 is 5.70 Å². The Labute approximate surface area is 212 Å². The van der Waals surface area contributed by atoms with Gasteiger partial charge in [-0.3, -0.25) is 4.68 Å². The van der Waals surface area contributed by atoms with Crippen LogP contribution in [0.25, 0.3) is 16.8 Å². The molecule has 1 saturated heterocycles. The van der Waals surface area contributed by atoms with Crippen molar-refractivity contribution in [3.63, 3.8) is 0 Å². The maximum absolute atomic E-state index is 6.28. The predicted octanol–water partition coefficient (Wildman–Crippen LogP) is 3.67. The smallest absolute Gasteiger partial charge is 0.176 e. The van der Waals surface area contributed by atoms with Crippen LogP contribution in [0.1, 0.15) is 67.7 Å². The van der Waals surface area contributed by atoms with E-state index in [2.05, 4.69) is 82.3 Å². The van der Waals surface area contributed by atoms with Crippen LogP contribution >= 0.6 is 0 Å². The fraction of sp³-hybridized carbons (Fsp3) is 0.519. The van der Waals surface area contributed by atoms with Crippen LogP contribution in [0, 0.1) is 6.92 Å². The number of hydrogen-bond acceptors (Lipinski definition) is 7. The maximum Gasteiger partial charge on any atom is 0.176 e. The zero-order valence-corrected chi connectivity index (χ0v) is 21.9. The Hall–Kier alpha value is -3.33. The monoisotopic (exact) mass is 488 g/mol. The van der Waals surface area contributed by atoms with Crippen LogP contribution in [0.5, 0.6) is 5.75 Å². The van der Waals surface area contributed by atoms with Gasteiger partial charge in [0.1, 0.15) is 24.3 Å². The van der Waals surface area contributed by atoms with E-state index in [-0.39, 0.29) is 12.2 Å². The van der Waals surface area contributed by atoms with Crippen molar-refractivity contribution in [1.29, 1.82) is 0 Å². The van der Waals surface area contributed by atoms with Crippen molar-refractivity contribution in [2.45, 2.75) is 51.7 Å². The number of aryl methyl sites for hydroxylation is 2. The van der Waals surface area contributed by atoms with Crippen molar-refractivity contribution < 1.29 is 4.74 Å². The third-order valence-electron chi connectivity index (χ3n) is 7.70. The van der Waals surface area contributed by atoms with E-state index in [1.54, 1.807) is 0 Å². The van der Waals surface area contributed by atoms with Gasteiger partial charge in [0.25, 0.3) is 0 Å². The van der Waals surface area contributed by atoms with Gasteiger partial charge in [-0.2, -0.15) is 10.2 Å². The molecule has 36 heavy (non-hydrogen) atoms. The van der Waals surface area contributed by atoms with Gasteiger partial charge in [-0.25, -0.2) is 9.67 Å². The molecule has 9 heteroatoms. The minimum atomic E-state index is 0.00594. The molecule has 3 aliphatic heterocycles. The number of nitrogens with one attached hydrogen (secondary N) is 1. The van der Waals surface area contributed by atoms with Crippen LogP contribution in [0.2, 0.25) is 0 Å². The van der Waals surface area contributed by atoms with E-state index in [1.807, 2.05) is 17.8 Å². The molecule has 0 bridgehead atoms. The summed E-state index contributed by atoms with van der Waals surface area (Å²) >= 11 is 0. The molecular formula is C27H36N8O. The quantitative estimate of drug-likeness (QED) is 0.600. The van der Waals surface area contributed by atoms with Crippen molar-refractivity contribution in [2.75, 3.05) is 33.3 Å². The fourth-order valence-electron chi connectivity index (χ4n) is 5.80. The Balaban J connectivity index is 1.31. The molecule has 0 amide bonds. The van der Waals surface area contributed by atoms with Crippen LogP contribution < -0.4 is 10.1 Å². The Bertz CT molecular complexity index is 1300. The van der Waals surface area contributed by atoms with Crippen LogP contribution in [0.15, 0.2) is 30.6 Å². The molecule has 0 radical (unpaired) electrons. The molecule has 5 heterocycles. The van der Waals surface area contributed by atoms with Gasteiger partial charge in [0, 0.05) is 42.0 Å². The average Bonchev–Trinajstić information content (AvgIpc) is 3.54. The van der Waals surface area contributed by atoms with Crippen LogP contribution in [0.3, 0.4) is 0 Å². The van der Waals surface area contributed by atoms with E-state index in [1.165, 1.54) is 29.7 Å². The second kappa shape index (κ2) is 8.96. The second-order valence-corrected chi connectivity index (χ2v) is 10.6. The predicted molar refractivity (Wildman–Crippen MR) is 139 cm³/mol. The number of rotatable bonds is 4. The Morgan fingerprint density at radius 3 is 2.69 bits per heavy atom. The van der Waals surface area contributed by atoms with E-state index in [4.69, 9.17) is 9.72 Å². The first-order valence-electron chi connectivity index (χ1n) is 13.0. The molecular weight excluding hydrogens is 452 g/mol. The van der Waals surface area contributed by atoms with Gasteiger partial charge in [0.2, 0.25) is 0 Å². The summed E-state index contributed by atoms with van der Waals surface area (Å²) in [6.07, 6.45) is 6.53. The number of piperidine rings is 1. The molecule has 3 aliphatic rings. The Morgan fingerprint density at radius 1 is 1.11 bits per heavy atom. The number of fused-ring (bicyclic) bond motifs is 3. The molecule has 0 saturated carbocycles. The molecule has 0 aliphatic carbocycles. The topological polar surface area (TPSA) is 76.3 Å². The molecule has 1 atom stereocenters. The minimum absolute atomic E-state index is 0.00594. The summed E-state index contributed by atoms with van der Waals surface area (Å²) in [4.78, 5) is 9.44. The van der Waals surface area contributed by atoms with Crippen molar-refractivity contribution in [1.82, 2.24) is 39.7 Å². The fourth-order valence-corrected chi connectivity index (χ4v) is 5.80. The number of nitrogens with zero attached hydrogens (tertiary/aromatic N) is 7. The molecule has 6 rings (SSSR count). The zero-order valence-electron chi connectivity index (χ0n) is 21.9. The summed E-state index contributed by atoms with van der Waals surface area (Å²) < 4.78 is 10.3. The average molecular weight is 489 g/mol. The third kappa shape index (κ3) is 3.95. The third-order valence-corrected chi connectivity index (χ3v) is 7.70. The Kier molecular flexibility index (Phi) is 5.75. The Morgan fingerprint density at radius 2 is 1.92 bits per heavy atom. The van der Waals surface area contributed by atoms with Crippen molar-refractivity contribution in [2.24, 2.45) is 7.05 Å². The minimum Gasteiger partial charge on any atom is -0.491 e. The molecule has 1 unspecified atom stereocenters. The number of benzene rings is 1. The van der Waals surface area contributed by atoms with E-state index < -0.39 is 0 Å². The molecule has 1 aromatic carbocycles. The van der Waals surface area contributed by atoms with Crippen molar-refractivity contribution in [3.8, 4) is 16.9 Å². The lowest BCUT2D eigenvalue weighted by molar-refractivity contribution is 0.248. The summed E-state index contributed by atoms with van der Waals surface area (Å²) in [6, 6.07) is 6.87. The van der Waals surface area contributed by atoms with Crippen molar-refractivity contribution in [3.05, 3.63) is 53.5 Å². The summed E-state index contributed by atoms with van der Waals surface area (Å²) in [5.41, 5.74) is 5.87. The zero-order chi connectivity index (χ0) is 25.0. The summed E-state index contributed by atoms with van der Waals surface area (Å²) in [5, 5.41) is 13.0. The normalized spacial score (nSPS) is 20.6. The summed E-state index contributed by atoms with van der Waals surface area (Å²) in [5.74, 6) is 3.13. The first-order valence-corrected chi connectivity index (χ1v) is 13.0. The van der Waals surface area contributed by atoms with E-state index in [9.17, 15) is 0 Å². The summed E-state index contributed by atoms with van der Waals surface area (Å²) in [6.45, 7) is 9.90. The molecule has 1 N–H and O–H groups in total. The standard InChI is InChI=1S/C27H36N8O/c1-17(2)35-27(29-18(3)31-35)23-16-34-12-13-36-24-14-20(6-7-21(24)26(34)30-23)22-15-28-33(5)25(22)19-8-10-32(4)11-9-19/h6-7,14-17,19,26,30H,8-13H2,1-5H3. The lowest BCUT2D eigenvalue weighted by Crippen LogP contribution is -2.30. The van der Waals surface area contributed by atoms with E-state index in [0.717, 1.165) is 48.3 Å².